The highest BCUT2D eigenvalue weighted by molar-refractivity contribution is 5.95. The molecule has 172 valence electrons. The Kier molecular flexibility index (Phi) is 7.81. The molecule has 1 fully saturated rings. The molecular formula is C24H31N3O5. The number of ether oxygens (including phenoxy) is 2. The summed E-state index contributed by atoms with van der Waals surface area (Å²) in [6.07, 6.45) is 4.15. The molecule has 8 heteroatoms. The van der Waals surface area contributed by atoms with Crippen LogP contribution in [0.1, 0.15) is 38.7 Å². The molecule has 1 aliphatic rings. The van der Waals surface area contributed by atoms with E-state index >= 15 is 0 Å². The van der Waals surface area contributed by atoms with E-state index < -0.39 is 6.04 Å². The molecule has 1 saturated heterocycles. The van der Waals surface area contributed by atoms with Gasteiger partial charge in [-0.2, -0.15) is 5.10 Å². The first-order valence-corrected chi connectivity index (χ1v) is 10.8. The van der Waals surface area contributed by atoms with Gasteiger partial charge in [-0.3, -0.25) is 9.80 Å². The molecule has 2 aromatic rings. The number of piperidine rings is 1. The third-order valence-electron chi connectivity index (χ3n) is 5.14. The quantitative estimate of drug-likeness (QED) is 0.423. The molecule has 1 amide bonds. The number of methoxy groups -OCH3 is 1. The van der Waals surface area contributed by atoms with Gasteiger partial charge in [0.15, 0.2) is 23.0 Å². The van der Waals surface area contributed by atoms with Crippen molar-refractivity contribution in [2.45, 2.75) is 39.2 Å². The third-order valence-corrected chi connectivity index (χ3v) is 5.14. The van der Waals surface area contributed by atoms with E-state index in [0.29, 0.717) is 48.2 Å². The lowest BCUT2D eigenvalue weighted by Crippen LogP contribution is -2.44. The molecule has 0 spiro atoms. The van der Waals surface area contributed by atoms with Crippen LogP contribution >= 0.6 is 0 Å². The predicted molar refractivity (Wildman–Crippen MR) is 124 cm³/mol. The Hall–Kier alpha value is -3.42. The Labute approximate surface area is 188 Å². The van der Waals surface area contributed by atoms with E-state index in [9.17, 15) is 15.0 Å². The lowest BCUT2D eigenvalue weighted by Gasteiger charge is -2.32. The van der Waals surface area contributed by atoms with Crippen LogP contribution in [0.5, 0.6) is 23.0 Å². The summed E-state index contributed by atoms with van der Waals surface area (Å²) in [5, 5.41) is 28.3. The van der Waals surface area contributed by atoms with E-state index in [1.54, 1.807) is 42.6 Å². The summed E-state index contributed by atoms with van der Waals surface area (Å²) < 4.78 is 11.2. The Balaban J connectivity index is 1.71. The van der Waals surface area contributed by atoms with Crippen LogP contribution in [0.25, 0.3) is 0 Å². The molecule has 3 rings (SSSR count). The minimum atomic E-state index is -0.409. The van der Waals surface area contributed by atoms with Gasteiger partial charge in [-0.15, -0.1) is 0 Å². The van der Waals surface area contributed by atoms with Crippen molar-refractivity contribution in [2.75, 3.05) is 25.6 Å². The molecule has 8 nitrogen and oxygen atoms in total. The summed E-state index contributed by atoms with van der Waals surface area (Å²) in [7, 11) is 1.58. The van der Waals surface area contributed by atoms with Crippen molar-refractivity contribution in [3.05, 3.63) is 42.0 Å². The summed E-state index contributed by atoms with van der Waals surface area (Å²) in [5.74, 6) is 1.03. The highest BCUT2D eigenvalue weighted by Gasteiger charge is 2.28. The van der Waals surface area contributed by atoms with Gasteiger partial charge < -0.3 is 25.0 Å². The molecule has 1 unspecified atom stereocenters. The van der Waals surface area contributed by atoms with E-state index in [0.717, 1.165) is 12.8 Å². The van der Waals surface area contributed by atoms with Crippen LogP contribution in [-0.2, 0) is 4.79 Å². The van der Waals surface area contributed by atoms with E-state index in [2.05, 4.69) is 24.3 Å². The number of phenols is 2. The molecule has 0 aromatic heterocycles. The highest BCUT2D eigenvalue weighted by Crippen LogP contribution is 2.31. The summed E-state index contributed by atoms with van der Waals surface area (Å²) >= 11 is 0. The van der Waals surface area contributed by atoms with Gasteiger partial charge in [-0.05, 0) is 61.1 Å². The smallest absolute Gasteiger partial charge is 0.248 e. The highest BCUT2D eigenvalue weighted by atomic mass is 16.5. The zero-order chi connectivity index (χ0) is 23.1. The van der Waals surface area contributed by atoms with Gasteiger partial charge in [-0.1, -0.05) is 13.8 Å². The van der Waals surface area contributed by atoms with Crippen LogP contribution in [0.3, 0.4) is 0 Å². The maximum absolute atomic E-state index is 13.0. The van der Waals surface area contributed by atoms with Crippen molar-refractivity contribution in [1.29, 1.82) is 0 Å². The van der Waals surface area contributed by atoms with Crippen LogP contribution in [-0.4, -0.2) is 53.6 Å². The van der Waals surface area contributed by atoms with Crippen LogP contribution in [0.2, 0.25) is 0 Å². The van der Waals surface area contributed by atoms with Crippen LogP contribution in [0, 0.1) is 5.92 Å². The summed E-state index contributed by atoms with van der Waals surface area (Å²) in [6, 6.07) is 9.40. The van der Waals surface area contributed by atoms with Crippen molar-refractivity contribution in [3.8, 4) is 23.0 Å². The lowest BCUT2D eigenvalue weighted by molar-refractivity contribution is -0.122. The fourth-order valence-corrected chi connectivity index (χ4v) is 3.43. The van der Waals surface area contributed by atoms with Gasteiger partial charge in [-0.25, -0.2) is 0 Å². The zero-order valence-corrected chi connectivity index (χ0v) is 18.7. The number of nitrogens with one attached hydrogen (secondary N) is 1. The molecule has 0 radical (unpaired) electrons. The molecule has 2 aromatic carbocycles. The van der Waals surface area contributed by atoms with E-state index in [4.69, 9.17) is 9.47 Å². The van der Waals surface area contributed by atoms with Gasteiger partial charge in [0.05, 0.1) is 19.9 Å². The number of hydrazone groups is 1. The monoisotopic (exact) mass is 441 g/mol. The molecule has 3 N–H and O–H groups in total. The largest absolute Gasteiger partial charge is 0.504 e. The van der Waals surface area contributed by atoms with Gasteiger partial charge in [0.1, 0.15) is 6.04 Å². The van der Waals surface area contributed by atoms with E-state index in [1.807, 2.05) is 0 Å². The number of carbonyl (C=O) groups is 1. The summed E-state index contributed by atoms with van der Waals surface area (Å²) in [4.78, 5) is 13.0. The van der Waals surface area contributed by atoms with Crippen LogP contribution in [0.4, 0.5) is 5.69 Å². The van der Waals surface area contributed by atoms with Gasteiger partial charge >= 0.3 is 0 Å². The first-order chi connectivity index (χ1) is 15.4. The van der Waals surface area contributed by atoms with E-state index in [-0.39, 0.29) is 17.4 Å². The fraction of sp³-hybridized carbons (Fsp3) is 0.417. The normalized spacial score (nSPS) is 16.4. The molecule has 32 heavy (non-hydrogen) atoms. The second-order valence-electron chi connectivity index (χ2n) is 8.23. The maximum Gasteiger partial charge on any atom is 0.248 e. The second kappa shape index (κ2) is 10.7. The Bertz CT molecular complexity index is 961. The molecule has 1 atom stereocenters. The van der Waals surface area contributed by atoms with Crippen LogP contribution < -0.4 is 14.8 Å². The number of aromatic hydroxyl groups is 2. The number of carbonyl (C=O) groups excluding carboxylic acids is 1. The predicted octanol–water partition coefficient (Wildman–Crippen LogP) is 3.97. The number of benzene rings is 2. The minimum absolute atomic E-state index is 0.143. The average molecular weight is 442 g/mol. The third kappa shape index (κ3) is 6.06. The van der Waals surface area contributed by atoms with Crippen molar-refractivity contribution in [3.63, 3.8) is 0 Å². The fourth-order valence-electron chi connectivity index (χ4n) is 3.43. The van der Waals surface area contributed by atoms with Crippen molar-refractivity contribution in [2.24, 2.45) is 11.0 Å². The van der Waals surface area contributed by atoms with E-state index in [1.165, 1.54) is 12.1 Å². The molecule has 0 saturated carbocycles. The van der Waals surface area contributed by atoms with Crippen molar-refractivity contribution < 1.29 is 24.5 Å². The summed E-state index contributed by atoms with van der Waals surface area (Å²) in [5.41, 5.74) is 1.26. The van der Waals surface area contributed by atoms with Gasteiger partial charge in [0.25, 0.3) is 0 Å². The Morgan fingerprint density at radius 1 is 1.19 bits per heavy atom. The average Bonchev–Trinajstić information content (AvgIpc) is 2.78. The first-order valence-electron chi connectivity index (χ1n) is 10.8. The maximum atomic E-state index is 13.0. The number of rotatable bonds is 8. The van der Waals surface area contributed by atoms with Gasteiger partial charge in [0.2, 0.25) is 5.91 Å². The first kappa shape index (κ1) is 23.2. The Morgan fingerprint density at radius 2 is 2.00 bits per heavy atom. The number of hydrogen-bond acceptors (Lipinski definition) is 7. The molecular weight excluding hydrogens is 410 g/mol. The number of amides is 1. The van der Waals surface area contributed by atoms with Crippen molar-refractivity contribution >= 4 is 17.8 Å². The lowest BCUT2D eigenvalue weighted by atomic mass is 10.0. The SMILES string of the molecule is COc1ccc(NC(=O)C2CCCCN2/N=C/c2ccc(O)c(O)c2)cc1OCC(C)C. The molecule has 1 aliphatic heterocycles. The van der Waals surface area contributed by atoms with Crippen molar-refractivity contribution in [1.82, 2.24) is 5.01 Å². The minimum Gasteiger partial charge on any atom is -0.504 e. The summed E-state index contributed by atoms with van der Waals surface area (Å²) in [6.45, 7) is 5.33. The van der Waals surface area contributed by atoms with Gasteiger partial charge in [0, 0.05) is 18.3 Å². The number of phenolic OH excluding ortho intramolecular Hbond substituents is 2. The standard InChI is InChI=1S/C24H31N3O5/c1-16(2)15-32-23-13-18(8-10-22(23)31-3)26-24(30)19-6-4-5-11-27(19)25-14-17-7-9-20(28)21(29)12-17/h7-10,12-14,16,19,28-29H,4-6,11,15H2,1-3H3,(H,26,30)/b25-14+. The zero-order valence-electron chi connectivity index (χ0n) is 18.7. The Morgan fingerprint density at radius 3 is 2.72 bits per heavy atom. The molecule has 0 aliphatic carbocycles. The number of nitrogens with zero attached hydrogens (tertiary/aromatic N) is 2. The number of hydrogen-bond donors (Lipinski definition) is 3. The molecule has 1 heterocycles. The number of anilines is 1. The topological polar surface area (TPSA) is 104 Å². The van der Waals surface area contributed by atoms with Crippen LogP contribution in [0.15, 0.2) is 41.5 Å². The second-order valence-corrected chi connectivity index (χ2v) is 8.23. The molecule has 0 bridgehead atoms.